The number of nitrogens with one attached hydrogen (secondary N) is 1. The van der Waals surface area contributed by atoms with Gasteiger partial charge in [-0.15, -0.1) is 0 Å². The van der Waals surface area contributed by atoms with Gasteiger partial charge in [0.15, 0.2) is 0 Å². The van der Waals surface area contributed by atoms with Gasteiger partial charge in [-0.2, -0.15) is 13.2 Å². The fourth-order valence-corrected chi connectivity index (χ4v) is 5.86. The third-order valence-electron chi connectivity index (χ3n) is 8.16. The highest BCUT2D eigenvalue weighted by Crippen LogP contribution is 2.52. The summed E-state index contributed by atoms with van der Waals surface area (Å²) >= 11 is 0. The third kappa shape index (κ3) is 5.49. The molecule has 2 amide bonds. The highest BCUT2D eigenvalue weighted by molar-refractivity contribution is 5.88. The van der Waals surface area contributed by atoms with Crippen molar-refractivity contribution in [1.29, 1.82) is 0 Å². The molecule has 1 unspecified atom stereocenters. The molecule has 2 aliphatic rings. The van der Waals surface area contributed by atoms with E-state index < -0.39 is 23.1 Å². The lowest BCUT2D eigenvalue weighted by Gasteiger charge is -2.50. The zero-order valence-electron chi connectivity index (χ0n) is 22.4. The Morgan fingerprint density at radius 2 is 1.72 bits per heavy atom. The molecule has 0 radical (unpaired) electrons. The van der Waals surface area contributed by atoms with Gasteiger partial charge in [-0.25, -0.2) is 0 Å². The van der Waals surface area contributed by atoms with Crippen LogP contribution in [0.4, 0.5) is 13.2 Å². The predicted octanol–water partition coefficient (Wildman–Crippen LogP) is 4.42. The summed E-state index contributed by atoms with van der Waals surface area (Å²) in [6.45, 7) is 2.76. The molecule has 3 atom stereocenters. The maximum absolute atomic E-state index is 14.5. The van der Waals surface area contributed by atoms with Crippen LogP contribution in [0, 0.1) is 5.41 Å². The van der Waals surface area contributed by atoms with Crippen LogP contribution in [0.15, 0.2) is 54.6 Å². The molecule has 2 saturated heterocycles. The Kier molecular flexibility index (Phi) is 8.56. The van der Waals surface area contributed by atoms with E-state index in [1.54, 1.807) is 13.2 Å². The summed E-state index contributed by atoms with van der Waals surface area (Å²) in [5.74, 6) is -0.707. The molecule has 1 N–H and O–H groups in total. The van der Waals surface area contributed by atoms with Crippen molar-refractivity contribution in [3.8, 4) is 5.75 Å². The van der Waals surface area contributed by atoms with Crippen molar-refractivity contribution >= 4 is 11.8 Å². The van der Waals surface area contributed by atoms with Crippen LogP contribution in [0.25, 0.3) is 0 Å². The topological polar surface area (TPSA) is 77.1 Å². The number of rotatable bonds is 8. The number of hydrogen-bond acceptors (Lipinski definition) is 5. The van der Waals surface area contributed by atoms with Gasteiger partial charge in [0.25, 0.3) is 11.5 Å². The molecule has 10 heteroatoms. The number of piperidine rings is 2. The summed E-state index contributed by atoms with van der Waals surface area (Å²) in [6.07, 6.45) is -4.14. The van der Waals surface area contributed by atoms with Gasteiger partial charge in [-0.3, -0.25) is 9.59 Å². The highest BCUT2D eigenvalue weighted by atomic mass is 19.4. The largest absolute Gasteiger partial charge is 0.491 e. The number of nitrogens with zero attached hydrogens (tertiary/aromatic N) is 1. The summed E-state index contributed by atoms with van der Waals surface area (Å²) in [7, 11) is 2.52. The average Bonchev–Trinajstić information content (AvgIpc) is 2.93. The Hall–Kier alpha value is -3.11. The van der Waals surface area contributed by atoms with Crippen LogP contribution in [0.3, 0.4) is 0 Å². The van der Waals surface area contributed by atoms with Crippen LogP contribution in [0.2, 0.25) is 0 Å². The molecule has 4 rings (SSSR count). The molecule has 39 heavy (non-hydrogen) atoms. The van der Waals surface area contributed by atoms with Crippen molar-refractivity contribution in [3.05, 3.63) is 65.7 Å². The molecule has 212 valence electrons. The minimum Gasteiger partial charge on any atom is -0.491 e. The molecule has 2 aliphatic heterocycles. The first-order valence-electron chi connectivity index (χ1n) is 13.1. The number of halogens is 3. The molecule has 2 aromatic rings. The van der Waals surface area contributed by atoms with Crippen LogP contribution >= 0.6 is 0 Å². The van der Waals surface area contributed by atoms with Crippen molar-refractivity contribution in [2.75, 3.05) is 40.5 Å². The van der Waals surface area contributed by atoms with E-state index in [1.165, 1.54) is 29.2 Å². The maximum Gasteiger partial charge on any atom is 0.430 e. The minimum atomic E-state index is -4.97. The van der Waals surface area contributed by atoms with Crippen LogP contribution in [-0.2, 0) is 24.7 Å². The van der Waals surface area contributed by atoms with Crippen molar-refractivity contribution in [2.24, 2.45) is 5.41 Å². The Bertz CT molecular complexity index is 1150. The van der Waals surface area contributed by atoms with Crippen molar-refractivity contribution in [2.45, 2.75) is 50.0 Å². The van der Waals surface area contributed by atoms with Crippen LogP contribution in [0.1, 0.15) is 43.2 Å². The number of alkyl halides is 3. The molecule has 2 heterocycles. The fraction of sp³-hybridized carbons (Fsp3) is 0.517. The summed E-state index contributed by atoms with van der Waals surface area (Å²) in [5, 5.41) is 2.95. The predicted molar refractivity (Wildman–Crippen MR) is 138 cm³/mol. The highest BCUT2D eigenvalue weighted by Gasteiger charge is 2.64. The Balaban J connectivity index is 1.61. The standard InChI is InChI=1S/C29H35F3N2O5/c1-20(37-2)19-39-24-12-8-7-11-22(24)23-18-33-25(35)17-27(23)13-15-34(16-14-27)26(36)28(38-3,29(30,31)32)21-9-5-4-6-10-21/h4-12,20,23H,13-19H2,1-3H3,(H,33,35)/t20-,23?,28-/m1/s1. The normalized spacial score (nSPS) is 21.6. The first-order chi connectivity index (χ1) is 18.6. The second-order valence-corrected chi connectivity index (χ2v) is 10.3. The van der Waals surface area contributed by atoms with Gasteiger partial charge in [0.05, 0.1) is 6.10 Å². The fourth-order valence-electron chi connectivity index (χ4n) is 5.86. The molecule has 0 aromatic heterocycles. The lowest BCUT2D eigenvalue weighted by Crippen LogP contribution is -2.60. The Labute approximate surface area is 226 Å². The molecule has 0 bridgehead atoms. The summed E-state index contributed by atoms with van der Waals surface area (Å²) < 4.78 is 59.9. The van der Waals surface area contributed by atoms with Crippen molar-refractivity contribution < 1.29 is 37.0 Å². The number of carbonyl (C=O) groups excluding carboxylic acids is 2. The second-order valence-electron chi connectivity index (χ2n) is 10.3. The zero-order valence-corrected chi connectivity index (χ0v) is 22.4. The van der Waals surface area contributed by atoms with E-state index in [1.807, 2.05) is 31.2 Å². The van der Waals surface area contributed by atoms with E-state index in [2.05, 4.69) is 5.32 Å². The molecule has 0 aliphatic carbocycles. The van der Waals surface area contributed by atoms with Gasteiger partial charge in [-0.1, -0.05) is 48.5 Å². The van der Waals surface area contributed by atoms with E-state index in [-0.39, 0.29) is 43.0 Å². The van der Waals surface area contributed by atoms with Crippen molar-refractivity contribution in [1.82, 2.24) is 10.2 Å². The summed E-state index contributed by atoms with van der Waals surface area (Å²) in [5.41, 5.74) is -2.99. The number of likely N-dealkylation sites (tertiary alicyclic amines) is 1. The van der Waals surface area contributed by atoms with Gasteiger partial charge < -0.3 is 24.4 Å². The zero-order chi connectivity index (χ0) is 28.3. The molecule has 2 fully saturated rings. The minimum absolute atomic E-state index is 0.0698. The molecular weight excluding hydrogens is 513 g/mol. The summed E-state index contributed by atoms with van der Waals surface area (Å²) in [6, 6.07) is 14.6. The van der Waals surface area contributed by atoms with Crippen LogP contribution in [-0.4, -0.2) is 69.5 Å². The first-order valence-corrected chi connectivity index (χ1v) is 13.1. The monoisotopic (exact) mass is 548 g/mol. The number of carbonyl (C=O) groups is 2. The number of amides is 2. The van der Waals surface area contributed by atoms with E-state index in [0.717, 1.165) is 12.7 Å². The molecular formula is C29H35F3N2O5. The van der Waals surface area contributed by atoms with E-state index in [4.69, 9.17) is 14.2 Å². The lowest BCUT2D eigenvalue weighted by molar-refractivity contribution is -0.271. The number of methoxy groups -OCH3 is 2. The first kappa shape index (κ1) is 28.9. The number of hydrogen-bond donors (Lipinski definition) is 1. The van der Waals surface area contributed by atoms with Crippen molar-refractivity contribution in [3.63, 3.8) is 0 Å². The molecule has 2 aromatic carbocycles. The maximum atomic E-state index is 14.5. The van der Waals surface area contributed by atoms with Gasteiger partial charge in [0.2, 0.25) is 5.91 Å². The Morgan fingerprint density at radius 1 is 1.08 bits per heavy atom. The average molecular weight is 549 g/mol. The molecule has 7 nitrogen and oxygen atoms in total. The van der Waals surface area contributed by atoms with Crippen LogP contribution in [0.5, 0.6) is 5.75 Å². The van der Waals surface area contributed by atoms with Gasteiger partial charge >= 0.3 is 6.18 Å². The van der Waals surface area contributed by atoms with Gasteiger partial charge in [-0.05, 0) is 36.8 Å². The quantitative estimate of drug-likeness (QED) is 0.529. The summed E-state index contributed by atoms with van der Waals surface area (Å²) in [4.78, 5) is 27.4. The third-order valence-corrected chi connectivity index (χ3v) is 8.16. The van der Waals surface area contributed by atoms with Gasteiger partial charge in [0.1, 0.15) is 12.4 Å². The molecule has 0 saturated carbocycles. The van der Waals surface area contributed by atoms with Gasteiger partial charge in [0, 0.05) is 51.8 Å². The number of ether oxygens (including phenoxy) is 3. The van der Waals surface area contributed by atoms with E-state index >= 15 is 0 Å². The number of para-hydroxylation sites is 1. The second kappa shape index (κ2) is 11.6. The smallest absolute Gasteiger partial charge is 0.430 e. The lowest BCUT2D eigenvalue weighted by atomic mass is 9.62. The number of benzene rings is 2. The Morgan fingerprint density at radius 3 is 2.33 bits per heavy atom. The SMILES string of the molecule is CO[C@H](C)COc1ccccc1C1CNC(=O)CC12CCN(C(=O)[C@](OC)(c1ccccc1)C(F)(F)F)CC2. The molecule has 1 spiro atoms. The van der Waals surface area contributed by atoms with E-state index in [9.17, 15) is 22.8 Å². The van der Waals surface area contributed by atoms with E-state index in [0.29, 0.717) is 31.7 Å². The van der Waals surface area contributed by atoms with Crippen LogP contribution < -0.4 is 10.1 Å².